The molecule has 9 heteroatoms. The van der Waals surface area contributed by atoms with Crippen LogP contribution >= 0.6 is 0 Å². The molecule has 0 spiro atoms. The van der Waals surface area contributed by atoms with E-state index in [1.54, 1.807) is 49.0 Å². The number of nitrogens with one attached hydrogen (secondary N) is 1. The molecule has 4 aromatic rings. The van der Waals surface area contributed by atoms with Crippen LogP contribution in [0, 0.1) is 25.5 Å². The van der Waals surface area contributed by atoms with E-state index in [4.69, 9.17) is 0 Å². The fraction of sp³-hybridized carbons (Fsp3) is 0.130. The summed E-state index contributed by atoms with van der Waals surface area (Å²) in [5, 5.41) is 6.63. The van der Waals surface area contributed by atoms with Crippen molar-refractivity contribution in [2.45, 2.75) is 20.4 Å². The summed E-state index contributed by atoms with van der Waals surface area (Å²) in [5.41, 5.74) is 0.354. The van der Waals surface area contributed by atoms with Gasteiger partial charge in [0.2, 0.25) is 5.43 Å². The maximum atomic E-state index is 14.6. The number of nitrogens with zero attached hydrogens (tertiary/aromatic N) is 4. The van der Waals surface area contributed by atoms with Gasteiger partial charge in [0.25, 0.3) is 5.91 Å². The van der Waals surface area contributed by atoms with Gasteiger partial charge in [0.15, 0.2) is 5.69 Å². The van der Waals surface area contributed by atoms with Gasteiger partial charge >= 0.3 is 0 Å². The molecule has 162 valence electrons. The predicted octanol–water partition coefficient (Wildman–Crippen LogP) is 3.24. The number of imidazole rings is 1. The van der Waals surface area contributed by atoms with Gasteiger partial charge in [-0.1, -0.05) is 18.2 Å². The van der Waals surface area contributed by atoms with Crippen molar-refractivity contribution in [2.75, 3.05) is 0 Å². The van der Waals surface area contributed by atoms with Crippen LogP contribution in [0.15, 0.2) is 65.7 Å². The van der Waals surface area contributed by atoms with Crippen LogP contribution in [0.5, 0.6) is 0 Å². The molecule has 7 nitrogen and oxygen atoms in total. The fourth-order valence-corrected chi connectivity index (χ4v) is 3.33. The topological polar surface area (TPSA) is 81.8 Å². The van der Waals surface area contributed by atoms with Crippen molar-refractivity contribution in [3.8, 4) is 11.4 Å². The zero-order valence-corrected chi connectivity index (χ0v) is 17.3. The highest BCUT2D eigenvalue weighted by Crippen LogP contribution is 2.17. The Morgan fingerprint density at radius 1 is 1.03 bits per heavy atom. The van der Waals surface area contributed by atoms with Crippen LogP contribution in [-0.2, 0) is 6.54 Å². The minimum atomic E-state index is -0.741. The zero-order valence-electron chi connectivity index (χ0n) is 17.3. The summed E-state index contributed by atoms with van der Waals surface area (Å²) in [5.74, 6) is -1.12. The summed E-state index contributed by atoms with van der Waals surface area (Å²) in [4.78, 5) is 29.0. The van der Waals surface area contributed by atoms with Crippen molar-refractivity contribution in [3.05, 3.63) is 106 Å². The van der Waals surface area contributed by atoms with Crippen LogP contribution < -0.4 is 10.7 Å². The number of benzene rings is 2. The van der Waals surface area contributed by atoms with Gasteiger partial charge in [-0.05, 0) is 43.7 Å². The molecule has 4 rings (SSSR count). The average Bonchev–Trinajstić information content (AvgIpc) is 3.18. The van der Waals surface area contributed by atoms with Gasteiger partial charge in [-0.25, -0.2) is 18.4 Å². The van der Waals surface area contributed by atoms with E-state index in [0.29, 0.717) is 22.8 Å². The van der Waals surface area contributed by atoms with Crippen LogP contribution in [0.2, 0.25) is 0 Å². The van der Waals surface area contributed by atoms with E-state index in [1.165, 1.54) is 35.0 Å². The monoisotopic (exact) mass is 435 g/mol. The van der Waals surface area contributed by atoms with Crippen LogP contribution in [0.3, 0.4) is 0 Å². The fourth-order valence-electron chi connectivity index (χ4n) is 3.33. The molecule has 0 saturated heterocycles. The third-order valence-electron chi connectivity index (χ3n) is 4.95. The highest BCUT2D eigenvalue weighted by molar-refractivity contribution is 5.92. The van der Waals surface area contributed by atoms with Crippen molar-refractivity contribution < 1.29 is 13.6 Å². The van der Waals surface area contributed by atoms with Gasteiger partial charge in [0.1, 0.15) is 23.1 Å². The molecular formula is C23H19F2N5O2. The quantitative estimate of drug-likeness (QED) is 0.522. The number of rotatable bonds is 5. The highest BCUT2D eigenvalue weighted by Gasteiger charge is 2.17. The number of amides is 1. The Hall–Kier alpha value is -4.14. The lowest BCUT2D eigenvalue weighted by molar-refractivity contribution is 0.0943. The Balaban J connectivity index is 1.55. The third-order valence-corrected chi connectivity index (χ3v) is 4.95. The molecule has 1 N–H and O–H groups in total. The maximum Gasteiger partial charge on any atom is 0.276 e. The van der Waals surface area contributed by atoms with Crippen molar-refractivity contribution in [1.29, 1.82) is 0 Å². The van der Waals surface area contributed by atoms with Crippen molar-refractivity contribution >= 4 is 5.91 Å². The van der Waals surface area contributed by atoms with Crippen molar-refractivity contribution in [2.24, 2.45) is 0 Å². The summed E-state index contributed by atoms with van der Waals surface area (Å²) >= 11 is 0. The smallest absolute Gasteiger partial charge is 0.276 e. The van der Waals surface area contributed by atoms with Gasteiger partial charge in [0.05, 0.1) is 5.69 Å². The first-order valence-electron chi connectivity index (χ1n) is 9.78. The molecular weight excluding hydrogens is 416 g/mol. The van der Waals surface area contributed by atoms with Crippen molar-refractivity contribution in [1.82, 2.24) is 24.6 Å². The molecule has 2 aromatic heterocycles. The summed E-state index contributed by atoms with van der Waals surface area (Å²) in [6.07, 6.45) is 3.23. The molecule has 0 unspecified atom stereocenters. The van der Waals surface area contributed by atoms with Gasteiger partial charge in [-0.15, -0.1) is 0 Å². The summed E-state index contributed by atoms with van der Waals surface area (Å²) in [6.45, 7) is 3.33. The van der Waals surface area contributed by atoms with Crippen LogP contribution in [-0.4, -0.2) is 25.2 Å². The lowest BCUT2D eigenvalue weighted by Gasteiger charge is -2.12. The Labute approximate surface area is 182 Å². The Kier molecular flexibility index (Phi) is 5.63. The number of hydrogen-bond acceptors (Lipinski definition) is 4. The van der Waals surface area contributed by atoms with E-state index in [0.717, 1.165) is 0 Å². The zero-order chi connectivity index (χ0) is 22.8. The van der Waals surface area contributed by atoms with E-state index >= 15 is 0 Å². The van der Waals surface area contributed by atoms with E-state index < -0.39 is 23.0 Å². The second-order valence-electron chi connectivity index (χ2n) is 7.17. The van der Waals surface area contributed by atoms with E-state index in [1.807, 2.05) is 0 Å². The molecule has 0 aliphatic heterocycles. The Bertz CT molecular complexity index is 1380. The van der Waals surface area contributed by atoms with Crippen LogP contribution in [0.25, 0.3) is 11.4 Å². The minimum Gasteiger partial charge on any atom is -0.346 e. The minimum absolute atomic E-state index is 0.0202. The van der Waals surface area contributed by atoms with Gasteiger partial charge < -0.3 is 9.88 Å². The molecule has 32 heavy (non-hydrogen) atoms. The highest BCUT2D eigenvalue weighted by atomic mass is 19.1. The van der Waals surface area contributed by atoms with Crippen molar-refractivity contribution in [3.63, 3.8) is 0 Å². The molecule has 0 bridgehead atoms. The third kappa shape index (κ3) is 4.04. The predicted molar refractivity (Wildman–Crippen MR) is 114 cm³/mol. The normalized spacial score (nSPS) is 10.9. The molecule has 2 heterocycles. The van der Waals surface area contributed by atoms with Gasteiger partial charge in [-0.3, -0.25) is 9.59 Å². The largest absolute Gasteiger partial charge is 0.346 e. The summed E-state index contributed by atoms with van der Waals surface area (Å²) in [7, 11) is 0. The lowest BCUT2D eigenvalue weighted by atomic mass is 10.2. The Morgan fingerprint density at radius 3 is 2.50 bits per heavy atom. The number of para-hydroxylation sites is 1. The number of carbonyl (C=O) groups excluding carboxylic acids is 1. The molecule has 0 radical (unpaired) electrons. The standard InChI is InChI=1S/C23H19F2N5O2/c1-14-11-21(31)22(28-30(14)20-6-4-3-5-17(20)24)23(32)27-13-16-7-8-19(18(25)12-16)29-10-9-26-15(29)2/h3-12H,13H2,1-2H3,(H,27,32). The lowest BCUT2D eigenvalue weighted by Crippen LogP contribution is -2.31. The number of halogens is 2. The summed E-state index contributed by atoms with van der Waals surface area (Å²) < 4.78 is 31.6. The van der Waals surface area contributed by atoms with E-state index in [2.05, 4.69) is 15.4 Å². The van der Waals surface area contributed by atoms with Gasteiger partial charge in [-0.2, -0.15) is 5.10 Å². The number of hydrogen-bond donors (Lipinski definition) is 1. The second kappa shape index (κ2) is 8.54. The number of aromatic nitrogens is 4. The molecule has 0 saturated carbocycles. The molecule has 0 fully saturated rings. The molecule has 0 atom stereocenters. The maximum absolute atomic E-state index is 14.6. The van der Waals surface area contributed by atoms with Gasteiger partial charge in [0, 0.05) is 30.7 Å². The molecule has 0 aliphatic rings. The van der Waals surface area contributed by atoms with E-state index in [-0.39, 0.29) is 17.9 Å². The number of aryl methyl sites for hydroxylation is 2. The van der Waals surface area contributed by atoms with E-state index in [9.17, 15) is 18.4 Å². The molecule has 2 aromatic carbocycles. The second-order valence-corrected chi connectivity index (χ2v) is 7.17. The first kappa shape index (κ1) is 21.1. The molecule has 0 aliphatic carbocycles. The number of carbonyl (C=O) groups is 1. The Morgan fingerprint density at radius 2 is 1.81 bits per heavy atom. The molecule has 1 amide bonds. The summed E-state index contributed by atoms with van der Waals surface area (Å²) in [6, 6.07) is 11.7. The van der Waals surface area contributed by atoms with Crippen LogP contribution in [0.1, 0.15) is 27.6 Å². The first-order chi connectivity index (χ1) is 15.3. The average molecular weight is 435 g/mol. The SMILES string of the molecule is Cc1nccn1-c1ccc(CNC(=O)c2nn(-c3ccccc3F)c(C)cc2=O)cc1F. The van der Waals surface area contributed by atoms with Crippen LogP contribution in [0.4, 0.5) is 8.78 Å². The first-order valence-corrected chi connectivity index (χ1v) is 9.78.